The van der Waals surface area contributed by atoms with E-state index in [1.165, 1.54) is 18.2 Å². The van der Waals surface area contributed by atoms with Crippen molar-refractivity contribution in [2.24, 2.45) is 0 Å². The van der Waals surface area contributed by atoms with E-state index in [0.717, 1.165) is 5.56 Å². The Hall–Kier alpha value is -2.20. The largest absolute Gasteiger partial charge is 0.372 e. The minimum absolute atomic E-state index is 0.253. The van der Waals surface area contributed by atoms with Crippen molar-refractivity contribution in [1.29, 1.82) is 0 Å². The fourth-order valence-corrected chi connectivity index (χ4v) is 2.42. The van der Waals surface area contributed by atoms with Crippen LogP contribution in [0.2, 0.25) is 0 Å². The molecule has 0 saturated carbocycles. The quantitative estimate of drug-likeness (QED) is 0.823. The second kappa shape index (κ2) is 3.90. The predicted octanol–water partition coefficient (Wildman–Crippen LogP) is 2.32. The van der Waals surface area contributed by atoms with Crippen LogP contribution in [0, 0.1) is 12.7 Å². The molecule has 1 aliphatic heterocycles. The summed E-state index contributed by atoms with van der Waals surface area (Å²) in [5.74, 6) is -1.04. The van der Waals surface area contributed by atoms with Crippen LogP contribution in [0.3, 0.4) is 0 Å². The average molecular weight is 257 g/mol. The minimum atomic E-state index is -1.83. The molecule has 0 radical (unpaired) electrons. The van der Waals surface area contributed by atoms with E-state index in [9.17, 15) is 14.3 Å². The summed E-state index contributed by atoms with van der Waals surface area (Å²) in [5.41, 5.74) is 0.222. The van der Waals surface area contributed by atoms with E-state index in [0.29, 0.717) is 11.3 Å². The van der Waals surface area contributed by atoms with Crippen LogP contribution < -0.4 is 5.32 Å². The van der Waals surface area contributed by atoms with Crippen LogP contribution in [0.4, 0.5) is 10.1 Å². The Kier molecular flexibility index (Phi) is 2.43. The topological polar surface area (TPSA) is 49.3 Å². The molecule has 2 aromatic rings. The number of amides is 1. The SMILES string of the molecule is Cc1cccc(C2(O)C(=O)Nc3ccc(F)cc32)c1. The van der Waals surface area contributed by atoms with Gasteiger partial charge in [0.2, 0.25) is 0 Å². The van der Waals surface area contributed by atoms with E-state index in [-0.39, 0.29) is 5.56 Å². The van der Waals surface area contributed by atoms with Crippen LogP contribution >= 0.6 is 0 Å². The molecular weight excluding hydrogens is 245 g/mol. The second-order valence-electron chi connectivity index (χ2n) is 4.72. The number of carbonyl (C=O) groups is 1. The predicted molar refractivity (Wildman–Crippen MR) is 69.2 cm³/mol. The van der Waals surface area contributed by atoms with E-state index in [1.54, 1.807) is 18.2 Å². The lowest BCUT2D eigenvalue weighted by Crippen LogP contribution is -2.35. The number of benzene rings is 2. The van der Waals surface area contributed by atoms with Crippen LogP contribution in [0.5, 0.6) is 0 Å². The summed E-state index contributed by atoms with van der Waals surface area (Å²) in [5, 5.41) is 13.3. The van der Waals surface area contributed by atoms with Gasteiger partial charge in [-0.2, -0.15) is 0 Å². The molecule has 3 rings (SSSR count). The zero-order valence-electron chi connectivity index (χ0n) is 10.3. The maximum absolute atomic E-state index is 13.4. The van der Waals surface area contributed by atoms with Crippen LogP contribution in [-0.4, -0.2) is 11.0 Å². The standard InChI is InChI=1S/C15H12FNO2/c1-9-3-2-4-10(7-9)15(19)12-8-11(16)5-6-13(12)17-14(15)18/h2-8,19H,1H3,(H,17,18). The van der Waals surface area contributed by atoms with E-state index < -0.39 is 17.3 Å². The molecular formula is C15H12FNO2. The molecule has 0 spiro atoms. The third-order valence-corrected chi connectivity index (χ3v) is 3.38. The van der Waals surface area contributed by atoms with Gasteiger partial charge in [0.05, 0.1) is 0 Å². The van der Waals surface area contributed by atoms with Crippen LogP contribution in [-0.2, 0) is 10.4 Å². The van der Waals surface area contributed by atoms with E-state index >= 15 is 0 Å². The number of nitrogens with one attached hydrogen (secondary N) is 1. The summed E-state index contributed by atoms with van der Waals surface area (Å²) in [6.07, 6.45) is 0. The Morgan fingerprint density at radius 3 is 2.74 bits per heavy atom. The molecule has 1 heterocycles. The summed E-state index contributed by atoms with van der Waals surface area (Å²) >= 11 is 0. The van der Waals surface area contributed by atoms with Gasteiger partial charge in [0.15, 0.2) is 5.60 Å². The number of hydrogen-bond acceptors (Lipinski definition) is 2. The number of halogens is 1. The molecule has 1 aliphatic rings. The smallest absolute Gasteiger partial charge is 0.265 e. The molecule has 2 N–H and O–H groups in total. The third kappa shape index (κ3) is 1.64. The minimum Gasteiger partial charge on any atom is -0.372 e. The Balaban J connectivity index is 2.25. The summed E-state index contributed by atoms with van der Waals surface area (Å²) < 4.78 is 13.4. The van der Waals surface area contributed by atoms with Crippen molar-refractivity contribution in [3.05, 3.63) is 65.0 Å². The zero-order chi connectivity index (χ0) is 13.6. The monoisotopic (exact) mass is 257 g/mol. The molecule has 1 amide bonds. The molecule has 0 fully saturated rings. The lowest BCUT2D eigenvalue weighted by atomic mass is 9.87. The van der Waals surface area contributed by atoms with Gasteiger partial charge in [0, 0.05) is 11.3 Å². The van der Waals surface area contributed by atoms with E-state index in [1.807, 2.05) is 13.0 Å². The Morgan fingerprint density at radius 1 is 1.21 bits per heavy atom. The lowest BCUT2D eigenvalue weighted by Gasteiger charge is -2.21. The van der Waals surface area contributed by atoms with Crippen molar-refractivity contribution in [1.82, 2.24) is 0 Å². The molecule has 1 unspecified atom stereocenters. The highest BCUT2D eigenvalue weighted by Crippen LogP contribution is 2.41. The van der Waals surface area contributed by atoms with Crippen molar-refractivity contribution in [2.75, 3.05) is 5.32 Å². The van der Waals surface area contributed by atoms with Gasteiger partial charge in [-0.15, -0.1) is 0 Å². The maximum Gasteiger partial charge on any atom is 0.265 e. The normalized spacial score (nSPS) is 21.1. The number of anilines is 1. The number of aliphatic hydroxyl groups is 1. The van der Waals surface area contributed by atoms with Crippen LogP contribution in [0.25, 0.3) is 0 Å². The van der Waals surface area contributed by atoms with Gasteiger partial charge in [-0.25, -0.2) is 4.39 Å². The molecule has 2 aromatic carbocycles. The molecule has 0 aromatic heterocycles. The van der Waals surface area contributed by atoms with Gasteiger partial charge < -0.3 is 10.4 Å². The lowest BCUT2D eigenvalue weighted by molar-refractivity contribution is -0.129. The summed E-state index contributed by atoms with van der Waals surface area (Å²) in [6.45, 7) is 1.87. The number of fused-ring (bicyclic) bond motifs is 1. The number of hydrogen-bond donors (Lipinski definition) is 2. The Bertz CT molecular complexity index is 684. The van der Waals surface area contributed by atoms with Gasteiger partial charge in [-0.05, 0) is 30.7 Å². The molecule has 19 heavy (non-hydrogen) atoms. The number of aryl methyl sites for hydroxylation is 1. The maximum atomic E-state index is 13.4. The van der Waals surface area contributed by atoms with Crippen molar-refractivity contribution in [3.63, 3.8) is 0 Å². The zero-order valence-corrected chi connectivity index (χ0v) is 10.3. The molecule has 4 heteroatoms. The average Bonchev–Trinajstić information content (AvgIpc) is 2.63. The summed E-state index contributed by atoms with van der Waals surface area (Å²) in [4.78, 5) is 12.1. The fraction of sp³-hybridized carbons (Fsp3) is 0.133. The van der Waals surface area contributed by atoms with Crippen LogP contribution in [0.15, 0.2) is 42.5 Å². The van der Waals surface area contributed by atoms with Gasteiger partial charge in [-0.3, -0.25) is 4.79 Å². The first-order valence-electron chi connectivity index (χ1n) is 5.93. The van der Waals surface area contributed by atoms with Crippen molar-refractivity contribution >= 4 is 11.6 Å². The van der Waals surface area contributed by atoms with Crippen molar-refractivity contribution in [2.45, 2.75) is 12.5 Å². The number of carbonyl (C=O) groups excluding carboxylic acids is 1. The molecule has 3 nitrogen and oxygen atoms in total. The van der Waals surface area contributed by atoms with Crippen LogP contribution in [0.1, 0.15) is 16.7 Å². The fourth-order valence-electron chi connectivity index (χ4n) is 2.42. The molecule has 0 bridgehead atoms. The van der Waals surface area contributed by atoms with Gasteiger partial charge >= 0.3 is 0 Å². The molecule has 0 saturated heterocycles. The summed E-state index contributed by atoms with van der Waals surface area (Å²) in [6, 6.07) is 10.9. The first-order chi connectivity index (χ1) is 9.01. The second-order valence-corrected chi connectivity index (χ2v) is 4.72. The van der Waals surface area contributed by atoms with Crippen molar-refractivity contribution in [3.8, 4) is 0 Å². The van der Waals surface area contributed by atoms with Crippen molar-refractivity contribution < 1.29 is 14.3 Å². The molecule has 1 atom stereocenters. The Labute approximate surface area is 109 Å². The highest BCUT2D eigenvalue weighted by molar-refractivity contribution is 6.07. The van der Waals surface area contributed by atoms with Gasteiger partial charge in [-0.1, -0.05) is 29.8 Å². The summed E-state index contributed by atoms with van der Waals surface area (Å²) in [7, 11) is 0. The van der Waals surface area contributed by atoms with Gasteiger partial charge in [0.1, 0.15) is 5.82 Å². The first kappa shape index (κ1) is 11.9. The first-order valence-corrected chi connectivity index (χ1v) is 5.93. The molecule has 0 aliphatic carbocycles. The third-order valence-electron chi connectivity index (χ3n) is 3.38. The van der Waals surface area contributed by atoms with E-state index in [2.05, 4.69) is 5.32 Å². The van der Waals surface area contributed by atoms with Gasteiger partial charge in [0.25, 0.3) is 5.91 Å². The molecule has 96 valence electrons. The number of rotatable bonds is 1. The van der Waals surface area contributed by atoms with E-state index in [4.69, 9.17) is 0 Å². The highest BCUT2D eigenvalue weighted by Gasteiger charge is 2.47. The Morgan fingerprint density at radius 2 is 2.00 bits per heavy atom. The highest BCUT2D eigenvalue weighted by atomic mass is 19.1.